The number of aromatic nitrogens is 3. The zero-order valence-electron chi connectivity index (χ0n) is 17.5. The molecule has 3 rings (SSSR count). The second-order valence-corrected chi connectivity index (χ2v) is 7.99. The predicted octanol–water partition coefficient (Wildman–Crippen LogP) is 4.96. The SMILES string of the molecule is CN(CCO)CC(C)(C)c1cc(-c2ncc(-c3ccc(Cl)c(O)c3)[nH]2)ccn1.Cl.Cl.Cl. The summed E-state index contributed by atoms with van der Waals surface area (Å²) in [7, 11) is 1.99. The van der Waals surface area contributed by atoms with Gasteiger partial charge in [-0.3, -0.25) is 4.98 Å². The minimum absolute atomic E-state index is 0. The largest absolute Gasteiger partial charge is 0.506 e. The van der Waals surface area contributed by atoms with Crippen molar-refractivity contribution in [2.45, 2.75) is 19.3 Å². The minimum atomic E-state index is -0.183. The van der Waals surface area contributed by atoms with Crippen molar-refractivity contribution in [3.8, 4) is 28.4 Å². The number of rotatable bonds is 7. The number of imidazole rings is 1. The fourth-order valence-electron chi connectivity index (χ4n) is 3.25. The van der Waals surface area contributed by atoms with E-state index in [1.165, 1.54) is 0 Å². The number of benzene rings is 1. The van der Waals surface area contributed by atoms with Crippen LogP contribution in [0.3, 0.4) is 0 Å². The number of nitrogens with zero attached hydrogens (tertiary/aromatic N) is 3. The molecule has 2 aromatic heterocycles. The molecular formula is C21H28Cl4N4O2. The molecule has 10 heteroatoms. The van der Waals surface area contributed by atoms with Crippen LogP contribution in [0, 0.1) is 0 Å². The van der Waals surface area contributed by atoms with E-state index < -0.39 is 0 Å². The normalized spacial score (nSPS) is 10.8. The molecule has 3 aromatic rings. The molecule has 31 heavy (non-hydrogen) atoms. The first-order valence-electron chi connectivity index (χ1n) is 9.10. The van der Waals surface area contributed by atoms with Crippen molar-refractivity contribution in [2.75, 3.05) is 26.7 Å². The van der Waals surface area contributed by atoms with E-state index >= 15 is 0 Å². The number of pyridine rings is 1. The number of H-pyrrole nitrogens is 1. The van der Waals surface area contributed by atoms with Crippen molar-refractivity contribution in [3.05, 3.63) is 53.4 Å². The van der Waals surface area contributed by atoms with Gasteiger partial charge in [0.05, 0.1) is 23.5 Å². The Kier molecular flexibility index (Phi) is 11.9. The van der Waals surface area contributed by atoms with Gasteiger partial charge in [-0.2, -0.15) is 0 Å². The van der Waals surface area contributed by atoms with Gasteiger partial charge in [0.1, 0.15) is 11.6 Å². The van der Waals surface area contributed by atoms with E-state index in [0.29, 0.717) is 11.6 Å². The molecule has 0 saturated carbocycles. The number of aliphatic hydroxyl groups is 1. The van der Waals surface area contributed by atoms with E-state index in [-0.39, 0.29) is 55.0 Å². The Morgan fingerprint density at radius 1 is 1.06 bits per heavy atom. The van der Waals surface area contributed by atoms with Gasteiger partial charge in [0.25, 0.3) is 0 Å². The van der Waals surface area contributed by atoms with Crippen LogP contribution in [0.15, 0.2) is 42.7 Å². The molecule has 172 valence electrons. The molecule has 2 heterocycles. The summed E-state index contributed by atoms with van der Waals surface area (Å²) in [5.41, 5.74) is 3.31. The third kappa shape index (κ3) is 7.24. The van der Waals surface area contributed by atoms with Gasteiger partial charge in [-0.1, -0.05) is 31.5 Å². The summed E-state index contributed by atoms with van der Waals surface area (Å²) in [4.78, 5) is 14.4. The van der Waals surface area contributed by atoms with Gasteiger partial charge in [0.2, 0.25) is 0 Å². The van der Waals surface area contributed by atoms with Crippen LogP contribution < -0.4 is 0 Å². The highest BCUT2D eigenvalue weighted by Crippen LogP contribution is 2.30. The third-order valence-corrected chi connectivity index (χ3v) is 5.03. The highest BCUT2D eigenvalue weighted by molar-refractivity contribution is 6.32. The zero-order chi connectivity index (χ0) is 20.3. The second-order valence-electron chi connectivity index (χ2n) is 7.59. The van der Waals surface area contributed by atoms with Gasteiger partial charge in [-0.05, 0) is 31.3 Å². The molecular weight excluding hydrogens is 482 g/mol. The van der Waals surface area contributed by atoms with Crippen LogP contribution in [-0.2, 0) is 5.41 Å². The third-order valence-electron chi connectivity index (χ3n) is 4.71. The van der Waals surface area contributed by atoms with Gasteiger partial charge in [-0.25, -0.2) is 4.98 Å². The fourth-order valence-corrected chi connectivity index (χ4v) is 3.37. The molecule has 0 amide bonds. The minimum Gasteiger partial charge on any atom is -0.506 e. The Morgan fingerprint density at radius 3 is 2.42 bits per heavy atom. The number of hydrogen-bond acceptors (Lipinski definition) is 5. The van der Waals surface area contributed by atoms with Crippen LogP contribution in [0.5, 0.6) is 5.75 Å². The second kappa shape index (κ2) is 12.5. The number of halogens is 4. The summed E-state index contributed by atoms with van der Waals surface area (Å²) in [6, 6.07) is 9.05. The first-order chi connectivity index (χ1) is 13.3. The Bertz CT molecular complexity index is 966. The quantitative estimate of drug-likeness (QED) is 0.419. The fraction of sp³-hybridized carbons (Fsp3) is 0.333. The number of phenolic OH excluding ortho intramolecular Hbond substituents is 1. The average molecular weight is 510 g/mol. The Morgan fingerprint density at radius 2 is 1.77 bits per heavy atom. The molecule has 0 atom stereocenters. The van der Waals surface area contributed by atoms with E-state index in [4.69, 9.17) is 16.7 Å². The number of aromatic amines is 1. The lowest BCUT2D eigenvalue weighted by atomic mass is 9.87. The first kappa shape index (κ1) is 29.5. The summed E-state index contributed by atoms with van der Waals surface area (Å²) < 4.78 is 0. The maximum atomic E-state index is 9.83. The number of aliphatic hydroxyl groups excluding tert-OH is 1. The lowest BCUT2D eigenvalue weighted by molar-refractivity contribution is 0.197. The molecule has 0 aliphatic rings. The van der Waals surface area contributed by atoms with E-state index in [1.807, 2.05) is 25.2 Å². The van der Waals surface area contributed by atoms with Crippen LogP contribution >= 0.6 is 48.8 Å². The molecule has 0 bridgehead atoms. The van der Waals surface area contributed by atoms with Crippen LogP contribution in [-0.4, -0.2) is 56.8 Å². The maximum Gasteiger partial charge on any atom is 0.137 e. The Hall–Kier alpha value is -1.54. The molecule has 3 N–H and O–H groups in total. The number of likely N-dealkylation sites (N-methyl/N-ethyl adjacent to an activating group) is 1. The van der Waals surface area contributed by atoms with Crippen LogP contribution in [0.1, 0.15) is 19.5 Å². The highest BCUT2D eigenvalue weighted by atomic mass is 35.5. The first-order valence-corrected chi connectivity index (χ1v) is 9.48. The summed E-state index contributed by atoms with van der Waals surface area (Å²) in [5, 5.41) is 19.3. The average Bonchev–Trinajstić information content (AvgIpc) is 3.14. The van der Waals surface area contributed by atoms with Gasteiger partial charge in [0, 0.05) is 41.5 Å². The lowest BCUT2D eigenvalue weighted by Crippen LogP contribution is -2.36. The monoisotopic (exact) mass is 508 g/mol. The van der Waals surface area contributed by atoms with Crippen molar-refractivity contribution in [1.82, 2.24) is 19.9 Å². The van der Waals surface area contributed by atoms with Crippen molar-refractivity contribution < 1.29 is 10.2 Å². The number of hydrogen-bond donors (Lipinski definition) is 3. The number of phenols is 1. The molecule has 1 aromatic carbocycles. The van der Waals surface area contributed by atoms with Crippen LogP contribution in [0.2, 0.25) is 5.02 Å². The number of nitrogens with one attached hydrogen (secondary N) is 1. The topological polar surface area (TPSA) is 85.3 Å². The Balaban J connectivity index is 0.00000300. The zero-order valence-corrected chi connectivity index (χ0v) is 20.7. The van der Waals surface area contributed by atoms with Crippen molar-refractivity contribution in [1.29, 1.82) is 0 Å². The van der Waals surface area contributed by atoms with Crippen molar-refractivity contribution >= 4 is 48.8 Å². The molecule has 0 fully saturated rings. The molecule has 0 saturated heterocycles. The summed E-state index contributed by atoms with van der Waals surface area (Å²) in [5.74, 6) is 0.767. The van der Waals surface area contributed by atoms with Crippen molar-refractivity contribution in [2.24, 2.45) is 0 Å². The molecule has 0 aliphatic carbocycles. The molecule has 0 spiro atoms. The van der Waals surface area contributed by atoms with Gasteiger partial charge in [0.15, 0.2) is 0 Å². The number of aromatic hydroxyl groups is 1. The standard InChI is InChI=1S/C21H25ClN4O2.3ClH/c1-21(2,13-26(3)8-9-27)19-11-15(6-7-23-19)20-24-12-17(25-20)14-4-5-16(22)18(28)10-14;;;/h4-7,10-12,27-28H,8-9,13H2,1-3H3,(H,24,25);3*1H. The molecule has 0 radical (unpaired) electrons. The summed E-state index contributed by atoms with van der Waals surface area (Å²) in [6.45, 7) is 5.81. The van der Waals surface area contributed by atoms with Gasteiger partial charge >= 0.3 is 0 Å². The molecule has 0 aliphatic heterocycles. The summed E-state index contributed by atoms with van der Waals surface area (Å²) in [6.07, 6.45) is 3.52. The van der Waals surface area contributed by atoms with Crippen LogP contribution in [0.4, 0.5) is 0 Å². The summed E-state index contributed by atoms with van der Waals surface area (Å²) >= 11 is 5.88. The molecule has 6 nitrogen and oxygen atoms in total. The van der Waals surface area contributed by atoms with Crippen LogP contribution in [0.25, 0.3) is 22.6 Å². The molecule has 0 unspecified atom stereocenters. The smallest absolute Gasteiger partial charge is 0.137 e. The predicted molar refractivity (Wildman–Crippen MR) is 133 cm³/mol. The Labute approximate surface area is 206 Å². The lowest BCUT2D eigenvalue weighted by Gasteiger charge is -2.29. The highest BCUT2D eigenvalue weighted by Gasteiger charge is 2.24. The van der Waals surface area contributed by atoms with E-state index in [9.17, 15) is 5.11 Å². The van der Waals surface area contributed by atoms with Crippen molar-refractivity contribution in [3.63, 3.8) is 0 Å². The van der Waals surface area contributed by atoms with E-state index in [2.05, 4.69) is 33.7 Å². The van der Waals surface area contributed by atoms with E-state index in [0.717, 1.165) is 34.9 Å². The van der Waals surface area contributed by atoms with E-state index in [1.54, 1.807) is 24.5 Å². The van der Waals surface area contributed by atoms with Gasteiger partial charge < -0.3 is 20.1 Å². The van der Waals surface area contributed by atoms with Gasteiger partial charge in [-0.15, -0.1) is 37.2 Å². The maximum absolute atomic E-state index is 9.83.